The maximum atomic E-state index is 13.5. The molecule has 0 spiro atoms. The molecule has 1 amide bonds. The normalized spacial score (nSPS) is 11.1. The van der Waals surface area contributed by atoms with Crippen molar-refractivity contribution in [1.82, 2.24) is 5.32 Å². The Kier molecular flexibility index (Phi) is 8.96. The summed E-state index contributed by atoms with van der Waals surface area (Å²) >= 11 is 6.18. The van der Waals surface area contributed by atoms with E-state index in [1.54, 1.807) is 24.3 Å². The van der Waals surface area contributed by atoms with E-state index in [4.69, 9.17) is 16.3 Å². The predicted octanol–water partition coefficient (Wildman–Crippen LogP) is 4.99. The fraction of sp³-hybridized carbons (Fsp3) is 0.269. The molecule has 180 valence electrons. The molecule has 0 radical (unpaired) electrons. The number of nitrogens with zero attached hydrogens (tertiary/aromatic N) is 1. The van der Waals surface area contributed by atoms with E-state index in [0.717, 1.165) is 15.4 Å². The number of carbonyl (C=O) groups is 1. The highest BCUT2D eigenvalue weighted by atomic mass is 35.5. The maximum absolute atomic E-state index is 13.5. The number of amides is 1. The summed E-state index contributed by atoms with van der Waals surface area (Å²) in [5.74, 6) is 0.203. The number of nitrogens with one attached hydrogen (secondary N) is 1. The van der Waals surface area contributed by atoms with Crippen molar-refractivity contribution in [3.63, 3.8) is 0 Å². The molecule has 3 aromatic rings. The summed E-state index contributed by atoms with van der Waals surface area (Å²) < 4.78 is 33.5. The van der Waals surface area contributed by atoms with Crippen LogP contribution >= 0.6 is 11.6 Å². The first-order valence-electron chi connectivity index (χ1n) is 11.1. The standard InChI is InChI=1S/C26H29ClN2O4S/c1-3-33-23-14-16-24(17-15-23)34(31,32)29(22-12-10-20(2)11-13-22)19-26(30)28-18-6-8-21-7-4-5-9-25(21)27/h4-5,7,9-17H,3,6,8,18-19H2,1-2H3,(H,28,30). The van der Waals surface area contributed by atoms with E-state index in [-0.39, 0.29) is 17.3 Å². The average molecular weight is 501 g/mol. The van der Waals surface area contributed by atoms with E-state index >= 15 is 0 Å². The van der Waals surface area contributed by atoms with Gasteiger partial charge in [-0.05, 0) is 74.7 Å². The Morgan fingerprint density at radius 1 is 1.00 bits per heavy atom. The second kappa shape index (κ2) is 11.9. The van der Waals surface area contributed by atoms with Crippen molar-refractivity contribution in [2.45, 2.75) is 31.6 Å². The lowest BCUT2D eigenvalue weighted by Crippen LogP contribution is -2.41. The fourth-order valence-electron chi connectivity index (χ4n) is 3.42. The van der Waals surface area contributed by atoms with Crippen molar-refractivity contribution in [1.29, 1.82) is 0 Å². The zero-order chi connectivity index (χ0) is 24.6. The van der Waals surface area contributed by atoms with Gasteiger partial charge in [-0.25, -0.2) is 8.42 Å². The lowest BCUT2D eigenvalue weighted by Gasteiger charge is -2.24. The number of carbonyl (C=O) groups excluding carboxylic acids is 1. The number of aryl methyl sites for hydroxylation is 2. The second-order valence-electron chi connectivity index (χ2n) is 7.80. The number of hydrogen-bond acceptors (Lipinski definition) is 4. The molecule has 0 saturated carbocycles. The molecule has 0 bridgehead atoms. The molecule has 0 aromatic heterocycles. The Bertz CT molecular complexity index is 1200. The van der Waals surface area contributed by atoms with Gasteiger partial charge in [-0.15, -0.1) is 0 Å². The molecule has 0 aliphatic carbocycles. The molecule has 1 N–H and O–H groups in total. The van der Waals surface area contributed by atoms with E-state index in [1.165, 1.54) is 12.1 Å². The lowest BCUT2D eigenvalue weighted by molar-refractivity contribution is -0.119. The van der Waals surface area contributed by atoms with E-state index < -0.39 is 10.0 Å². The summed E-state index contributed by atoms with van der Waals surface area (Å²) in [5.41, 5.74) is 2.43. The third-order valence-corrected chi connectivity index (χ3v) is 7.39. The summed E-state index contributed by atoms with van der Waals surface area (Å²) in [6.45, 7) is 4.34. The first kappa shape index (κ1) is 25.6. The van der Waals surface area contributed by atoms with E-state index in [2.05, 4.69) is 5.32 Å². The molecule has 6 nitrogen and oxygen atoms in total. The molecule has 0 heterocycles. The summed E-state index contributed by atoms with van der Waals surface area (Å²) in [5, 5.41) is 3.52. The van der Waals surface area contributed by atoms with Crippen molar-refractivity contribution in [3.05, 3.63) is 88.9 Å². The Hall–Kier alpha value is -3.03. The van der Waals surface area contributed by atoms with Gasteiger partial charge in [0.1, 0.15) is 12.3 Å². The average Bonchev–Trinajstić information content (AvgIpc) is 2.82. The van der Waals surface area contributed by atoms with Gasteiger partial charge in [0.2, 0.25) is 5.91 Å². The number of ether oxygens (including phenoxy) is 1. The molecular weight excluding hydrogens is 472 g/mol. The minimum Gasteiger partial charge on any atom is -0.494 e. The van der Waals surface area contributed by atoms with Crippen LogP contribution in [-0.4, -0.2) is 34.0 Å². The summed E-state index contributed by atoms with van der Waals surface area (Å²) in [6, 6.07) is 20.8. The van der Waals surface area contributed by atoms with Crippen LogP contribution in [0.15, 0.2) is 77.7 Å². The van der Waals surface area contributed by atoms with Crippen LogP contribution in [0.5, 0.6) is 5.75 Å². The Balaban J connectivity index is 1.72. The topological polar surface area (TPSA) is 75.7 Å². The number of anilines is 1. The van der Waals surface area contributed by atoms with Gasteiger partial charge in [0, 0.05) is 11.6 Å². The van der Waals surface area contributed by atoms with Crippen LogP contribution in [0.2, 0.25) is 5.02 Å². The summed E-state index contributed by atoms with van der Waals surface area (Å²) in [6.07, 6.45) is 1.40. The largest absolute Gasteiger partial charge is 0.494 e. The molecule has 0 atom stereocenters. The molecule has 3 aromatic carbocycles. The molecule has 34 heavy (non-hydrogen) atoms. The Morgan fingerprint density at radius 2 is 1.68 bits per heavy atom. The van der Waals surface area contributed by atoms with E-state index in [9.17, 15) is 13.2 Å². The van der Waals surface area contributed by atoms with Crippen LogP contribution in [0.25, 0.3) is 0 Å². The van der Waals surface area contributed by atoms with Crippen LogP contribution in [0, 0.1) is 6.92 Å². The van der Waals surface area contributed by atoms with Gasteiger partial charge in [0.25, 0.3) is 10.0 Å². The van der Waals surface area contributed by atoms with Gasteiger partial charge >= 0.3 is 0 Å². The van der Waals surface area contributed by atoms with Gasteiger partial charge in [0.05, 0.1) is 17.2 Å². The van der Waals surface area contributed by atoms with Gasteiger partial charge < -0.3 is 10.1 Å². The van der Waals surface area contributed by atoms with Crippen molar-refractivity contribution >= 4 is 33.2 Å². The van der Waals surface area contributed by atoms with Gasteiger partial charge in [-0.1, -0.05) is 47.5 Å². The van der Waals surface area contributed by atoms with E-state index in [0.29, 0.717) is 42.5 Å². The lowest BCUT2D eigenvalue weighted by atomic mass is 10.1. The molecule has 3 rings (SSSR count). The first-order valence-corrected chi connectivity index (χ1v) is 13.0. The Labute approximate surface area is 206 Å². The minimum absolute atomic E-state index is 0.0862. The monoisotopic (exact) mass is 500 g/mol. The van der Waals surface area contributed by atoms with Crippen LogP contribution < -0.4 is 14.4 Å². The number of benzene rings is 3. The molecule has 0 aliphatic rings. The summed E-state index contributed by atoms with van der Waals surface area (Å²) in [4.78, 5) is 12.8. The molecule has 0 saturated heterocycles. The first-order chi connectivity index (χ1) is 16.3. The smallest absolute Gasteiger partial charge is 0.264 e. The quantitative estimate of drug-likeness (QED) is 0.376. The highest BCUT2D eigenvalue weighted by Gasteiger charge is 2.27. The number of halogens is 1. The highest BCUT2D eigenvalue weighted by molar-refractivity contribution is 7.92. The highest BCUT2D eigenvalue weighted by Crippen LogP contribution is 2.25. The number of hydrogen-bond donors (Lipinski definition) is 1. The third kappa shape index (κ3) is 6.74. The van der Waals surface area contributed by atoms with Crippen molar-refractivity contribution < 1.29 is 17.9 Å². The second-order valence-corrected chi connectivity index (χ2v) is 10.1. The number of sulfonamides is 1. The molecule has 0 aliphatic heterocycles. The molecule has 0 fully saturated rings. The SMILES string of the molecule is CCOc1ccc(S(=O)(=O)N(CC(=O)NCCCc2ccccc2Cl)c2ccc(C)cc2)cc1. The van der Waals surface area contributed by atoms with Crippen LogP contribution in [-0.2, 0) is 21.2 Å². The van der Waals surface area contributed by atoms with Gasteiger partial charge in [-0.3, -0.25) is 9.10 Å². The fourth-order valence-corrected chi connectivity index (χ4v) is 5.07. The van der Waals surface area contributed by atoms with Gasteiger partial charge in [0.15, 0.2) is 0 Å². The Morgan fingerprint density at radius 3 is 2.32 bits per heavy atom. The maximum Gasteiger partial charge on any atom is 0.264 e. The minimum atomic E-state index is -3.97. The summed E-state index contributed by atoms with van der Waals surface area (Å²) in [7, 11) is -3.97. The zero-order valence-corrected chi connectivity index (χ0v) is 20.9. The molecular formula is C26H29ClN2O4S. The van der Waals surface area contributed by atoms with Crippen molar-refractivity contribution in [2.75, 3.05) is 24.0 Å². The van der Waals surface area contributed by atoms with Crippen LogP contribution in [0.3, 0.4) is 0 Å². The number of rotatable bonds is 11. The van der Waals surface area contributed by atoms with E-state index in [1.807, 2.05) is 50.2 Å². The third-order valence-electron chi connectivity index (χ3n) is 5.23. The predicted molar refractivity (Wildman–Crippen MR) is 136 cm³/mol. The zero-order valence-electron chi connectivity index (χ0n) is 19.3. The molecule has 0 unspecified atom stereocenters. The van der Waals surface area contributed by atoms with Crippen molar-refractivity contribution in [2.24, 2.45) is 0 Å². The molecule has 8 heteroatoms. The van der Waals surface area contributed by atoms with Gasteiger partial charge in [-0.2, -0.15) is 0 Å². The van der Waals surface area contributed by atoms with Crippen molar-refractivity contribution in [3.8, 4) is 5.75 Å². The van der Waals surface area contributed by atoms with Crippen LogP contribution in [0.1, 0.15) is 24.5 Å². The van der Waals surface area contributed by atoms with Crippen LogP contribution in [0.4, 0.5) is 5.69 Å².